The lowest BCUT2D eigenvalue weighted by Crippen LogP contribution is -2.44. The summed E-state index contributed by atoms with van der Waals surface area (Å²) in [6.07, 6.45) is -1.58. The summed E-state index contributed by atoms with van der Waals surface area (Å²) in [5.74, 6) is 4.40. The zero-order valence-electron chi connectivity index (χ0n) is 4.24. The minimum Gasteiger partial charge on any atom is -0.465 e. The third-order valence-corrected chi connectivity index (χ3v) is 0.422. The molecule has 9 heavy (non-hydrogen) atoms. The van der Waals surface area contributed by atoms with Crippen LogP contribution in [0, 0.1) is 0 Å². The van der Waals surface area contributed by atoms with Crippen LogP contribution in [0.2, 0.25) is 0 Å². The van der Waals surface area contributed by atoms with Gasteiger partial charge >= 0.3 is 12.1 Å². The molecule has 0 saturated heterocycles. The summed E-state index contributed by atoms with van der Waals surface area (Å²) in [6.45, 7) is 0. The molecule has 0 bridgehead atoms. The molecule has 7 nitrogen and oxygen atoms in total. The molecule has 0 spiro atoms. The van der Waals surface area contributed by atoms with E-state index in [1.807, 2.05) is 0 Å². The van der Waals surface area contributed by atoms with Gasteiger partial charge in [-0.15, -0.1) is 5.17 Å². The van der Waals surface area contributed by atoms with E-state index in [0.717, 1.165) is 0 Å². The van der Waals surface area contributed by atoms with Crippen LogP contribution >= 0.6 is 0 Å². The smallest absolute Gasteiger partial charge is 0.412 e. The molecule has 0 aromatic heterocycles. The first-order valence-corrected chi connectivity index (χ1v) is 1.81. The van der Waals surface area contributed by atoms with Crippen LogP contribution in [0.1, 0.15) is 0 Å². The summed E-state index contributed by atoms with van der Waals surface area (Å²) >= 11 is 0. The Labute approximate surface area is 49.6 Å². The number of rotatable bonds is 0. The Balaban J connectivity index is 3.64. The second kappa shape index (κ2) is 2.84. The van der Waals surface area contributed by atoms with Crippen LogP contribution < -0.4 is 11.2 Å². The van der Waals surface area contributed by atoms with E-state index < -0.39 is 12.1 Å². The Hall–Kier alpha value is -1.34. The number of hydrogen-bond donors (Lipinski definition) is 4. The SMILES string of the molecule is NN(O)C(=O)NC(=O)O. The van der Waals surface area contributed by atoms with Crippen molar-refractivity contribution in [1.29, 1.82) is 0 Å². The van der Waals surface area contributed by atoms with Gasteiger partial charge in [-0.25, -0.2) is 20.7 Å². The van der Waals surface area contributed by atoms with Gasteiger partial charge in [0.15, 0.2) is 0 Å². The highest BCUT2D eigenvalue weighted by Gasteiger charge is 2.07. The van der Waals surface area contributed by atoms with Crippen molar-refractivity contribution in [1.82, 2.24) is 10.5 Å². The van der Waals surface area contributed by atoms with Crippen LogP contribution in [0.25, 0.3) is 0 Å². The molecule has 0 atom stereocenters. The van der Waals surface area contributed by atoms with Crippen LogP contribution in [0.15, 0.2) is 0 Å². The lowest BCUT2D eigenvalue weighted by Gasteiger charge is -2.04. The molecule has 0 unspecified atom stereocenters. The van der Waals surface area contributed by atoms with Gasteiger partial charge < -0.3 is 5.11 Å². The van der Waals surface area contributed by atoms with Crippen molar-refractivity contribution in [3.05, 3.63) is 0 Å². The number of urea groups is 1. The van der Waals surface area contributed by atoms with Gasteiger partial charge in [0.2, 0.25) is 0 Å². The quantitative estimate of drug-likeness (QED) is 0.146. The maximum atomic E-state index is 10.0. The predicted molar refractivity (Wildman–Crippen MR) is 24.4 cm³/mol. The molecular weight excluding hydrogens is 130 g/mol. The monoisotopic (exact) mass is 135 g/mol. The molecule has 3 amide bonds. The van der Waals surface area contributed by atoms with Crippen molar-refractivity contribution in [2.24, 2.45) is 5.84 Å². The number of carbonyl (C=O) groups is 2. The first kappa shape index (κ1) is 7.66. The van der Waals surface area contributed by atoms with Crippen molar-refractivity contribution in [2.75, 3.05) is 0 Å². The molecule has 0 aliphatic heterocycles. The molecule has 0 aliphatic rings. The van der Waals surface area contributed by atoms with Crippen LogP contribution in [0.3, 0.4) is 0 Å². The number of nitrogens with zero attached hydrogens (tertiary/aromatic N) is 1. The van der Waals surface area contributed by atoms with Gasteiger partial charge in [-0.05, 0) is 0 Å². The maximum Gasteiger partial charge on any atom is 0.412 e. The summed E-state index contributed by atoms with van der Waals surface area (Å²) in [6, 6.07) is -1.30. The zero-order chi connectivity index (χ0) is 7.44. The molecule has 0 rings (SSSR count). The van der Waals surface area contributed by atoms with Gasteiger partial charge in [-0.2, -0.15) is 0 Å². The van der Waals surface area contributed by atoms with Gasteiger partial charge in [0.25, 0.3) is 0 Å². The first-order chi connectivity index (χ1) is 4.04. The third-order valence-electron chi connectivity index (χ3n) is 0.422. The largest absolute Gasteiger partial charge is 0.465 e. The van der Waals surface area contributed by atoms with E-state index in [9.17, 15) is 9.59 Å². The van der Waals surface area contributed by atoms with Gasteiger partial charge in [0.1, 0.15) is 0 Å². The molecular formula is C2H5N3O4. The molecule has 0 aromatic carbocycles. The molecule has 5 N–H and O–H groups in total. The van der Waals surface area contributed by atoms with Gasteiger partial charge in [0.05, 0.1) is 0 Å². The van der Waals surface area contributed by atoms with E-state index in [0.29, 0.717) is 0 Å². The normalized spacial score (nSPS) is 8.22. The number of hydrogen-bond acceptors (Lipinski definition) is 4. The Kier molecular flexibility index (Phi) is 2.42. The van der Waals surface area contributed by atoms with Crippen molar-refractivity contribution < 1.29 is 19.9 Å². The minimum absolute atomic E-state index is 0.367. The van der Waals surface area contributed by atoms with E-state index >= 15 is 0 Å². The van der Waals surface area contributed by atoms with E-state index in [2.05, 4.69) is 5.84 Å². The average Bonchev–Trinajstić information content (AvgIpc) is 1.63. The molecule has 0 aromatic rings. The van der Waals surface area contributed by atoms with Crippen molar-refractivity contribution in [2.45, 2.75) is 0 Å². The number of nitrogens with one attached hydrogen (secondary N) is 1. The fourth-order valence-corrected chi connectivity index (χ4v) is 0.149. The number of hydroxylamine groups is 1. The van der Waals surface area contributed by atoms with E-state index in [1.54, 1.807) is 0 Å². The Morgan fingerprint density at radius 2 is 2.00 bits per heavy atom. The maximum absolute atomic E-state index is 10.0. The highest BCUT2D eigenvalue weighted by molar-refractivity contribution is 5.88. The average molecular weight is 135 g/mol. The van der Waals surface area contributed by atoms with Gasteiger partial charge in [-0.3, -0.25) is 5.21 Å². The number of carbonyl (C=O) groups excluding carboxylic acids is 1. The third kappa shape index (κ3) is 3.26. The van der Waals surface area contributed by atoms with E-state index in [4.69, 9.17) is 10.3 Å². The molecule has 0 fully saturated rings. The molecule has 52 valence electrons. The predicted octanol–water partition coefficient (Wildman–Crippen LogP) is -1.06. The molecule has 7 heteroatoms. The minimum atomic E-state index is -1.58. The highest BCUT2D eigenvalue weighted by atomic mass is 16.5. The summed E-state index contributed by atoms with van der Waals surface area (Å²) in [7, 11) is 0. The Morgan fingerprint density at radius 1 is 1.56 bits per heavy atom. The molecule has 0 aliphatic carbocycles. The Bertz CT molecular complexity index is 132. The highest BCUT2D eigenvalue weighted by Crippen LogP contribution is 1.70. The Morgan fingerprint density at radius 3 is 2.11 bits per heavy atom. The summed E-state index contributed by atoms with van der Waals surface area (Å²) in [4.78, 5) is 19.6. The standard InChI is InChI=1S/C2H5N3O4/c3-5(9)1(6)4-2(7)8/h9H,3H2,(H,4,6)(H,7,8). The van der Waals surface area contributed by atoms with E-state index in [1.165, 1.54) is 5.32 Å². The van der Waals surface area contributed by atoms with Crippen LogP contribution in [0.4, 0.5) is 9.59 Å². The van der Waals surface area contributed by atoms with Crippen molar-refractivity contribution >= 4 is 12.1 Å². The summed E-state index contributed by atoms with van der Waals surface area (Å²) < 4.78 is 0. The number of carboxylic acid groups (broad SMARTS) is 1. The van der Waals surface area contributed by atoms with Crippen LogP contribution in [0.5, 0.6) is 0 Å². The topological polar surface area (TPSA) is 116 Å². The number of amides is 3. The van der Waals surface area contributed by atoms with Gasteiger partial charge in [-0.1, -0.05) is 0 Å². The lowest BCUT2D eigenvalue weighted by atomic mass is 10.9. The summed E-state index contributed by atoms with van der Waals surface area (Å²) in [5.41, 5.74) is 0. The van der Waals surface area contributed by atoms with Crippen molar-refractivity contribution in [3.63, 3.8) is 0 Å². The summed E-state index contributed by atoms with van der Waals surface area (Å²) in [5, 5.41) is 16.7. The second-order valence-electron chi connectivity index (χ2n) is 1.08. The fraction of sp³-hybridized carbons (Fsp3) is 0. The molecule has 0 radical (unpaired) electrons. The number of imide groups is 1. The van der Waals surface area contributed by atoms with Crippen LogP contribution in [-0.2, 0) is 0 Å². The molecule has 0 heterocycles. The van der Waals surface area contributed by atoms with E-state index in [-0.39, 0.29) is 5.17 Å². The number of nitrogens with two attached hydrogens (primary N) is 1. The zero-order valence-corrected chi connectivity index (χ0v) is 4.24. The van der Waals surface area contributed by atoms with Gasteiger partial charge in [0, 0.05) is 0 Å². The fourth-order valence-electron chi connectivity index (χ4n) is 0.149. The molecule has 0 saturated carbocycles. The number of hydrazine groups is 1. The second-order valence-corrected chi connectivity index (χ2v) is 1.08. The lowest BCUT2D eigenvalue weighted by molar-refractivity contribution is -0.0439. The van der Waals surface area contributed by atoms with Crippen molar-refractivity contribution in [3.8, 4) is 0 Å². The van der Waals surface area contributed by atoms with Crippen LogP contribution in [-0.4, -0.2) is 27.6 Å². The first-order valence-electron chi connectivity index (χ1n) is 1.81.